The van der Waals surface area contributed by atoms with E-state index < -0.39 is 0 Å². The zero-order valence-electron chi connectivity index (χ0n) is 10.3. The minimum absolute atomic E-state index is 0.123. The van der Waals surface area contributed by atoms with Crippen LogP contribution in [0.3, 0.4) is 0 Å². The van der Waals surface area contributed by atoms with Gasteiger partial charge < -0.3 is 5.73 Å². The van der Waals surface area contributed by atoms with Crippen molar-refractivity contribution >= 4 is 27.4 Å². The summed E-state index contributed by atoms with van der Waals surface area (Å²) in [7, 11) is 0. The third kappa shape index (κ3) is 2.39. The number of benzene rings is 1. The Hall–Kier alpha value is -0.830. The second-order valence-electron chi connectivity index (χ2n) is 5.54. The fourth-order valence-electron chi connectivity index (χ4n) is 2.73. The number of Topliss-reactive ketones (excluding diaryl/α,β-unsaturated/α-hetero) is 1. The standard InChI is InChI=1S/C14H18BrNO/c1-14(2)7-3-4-11(14)13(17)10-6-5-9(16)8-12(10)15/h5-6,8,11H,3-4,7,16H2,1-2H3. The summed E-state index contributed by atoms with van der Waals surface area (Å²) in [6.07, 6.45) is 3.29. The molecular formula is C14H18BrNO. The summed E-state index contributed by atoms with van der Waals surface area (Å²) < 4.78 is 0.810. The van der Waals surface area contributed by atoms with Crippen molar-refractivity contribution in [2.45, 2.75) is 33.1 Å². The van der Waals surface area contributed by atoms with Crippen LogP contribution in [0.25, 0.3) is 0 Å². The number of nitrogen functional groups attached to an aromatic ring is 1. The van der Waals surface area contributed by atoms with Gasteiger partial charge >= 0.3 is 0 Å². The van der Waals surface area contributed by atoms with Gasteiger partial charge in [0, 0.05) is 21.6 Å². The van der Waals surface area contributed by atoms with Crippen LogP contribution in [-0.4, -0.2) is 5.78 Å². The van der Waals surface area contributed by atoms with Crippen molar-refractivity contribution in [3.63, 3.8) is 0 Å². The molecule has 0 spiro atoms. The van der Waals surface area contributed by atoms with Crippen LogP contribution in [0.1, 0.15) is 43.5 Å². The van der Waals surface area contributed by atoms with E-state index in [2.05, 4.69) is 29.8 Å². The van der Waals surface area contributed by atoms with Crippen molar-refractivity contribution in [2.75, 3.05) is 5.73 Å². The molecule has 17 heavy (non-hydrogen) atoms. The second kappa shape index (κ2) is 4.45. The van der Waals surface area contributed by atoms with Gasteiger partial charge in [0.25, 0.3) is 0 Å². The summed E-state index contributed by atoms with van der Waals surface area (Å²) in [4.78, 5) is 12.5. The van der Waals surface area contributed by atoms with Gasteiger partial charge in [-0.15, -0.1) is 0 Å². The monoisotopic (exact) mass is 295 g/mol. The molecule has 1 aromatic rings. The molecule has 0 heterocycles. The van der Waals surface area contributed by atoms with Gasteiger partial charge in [0.2, 0.25) is 0 Å². The molecule has 1 aliphatic carbocycles. The lowest BCUT2D eigenvalue weighted by atomic mass is 9.78. The Bertz CT molecular complexity index is 454. The summed E-state index contributed by atoms with van der Waals surface area (Å²) in [6.45, 7) is 4.38. The highest BCUT2D eigenvalue weighted by Gasteiger charge is 2.39. The predicted molar refractivity (Wildman–Crippen MR) is 74.0 cm³/mol. The second-order valence-corrected chi connectivity index (χ2v) is 6.39. The van der Waals surface area contributed by atoms with E-state index in [9.17, 15) is 4.79 Å². The molecule has 1 aliphatic rings. The Labute approximate surface area is 111 Å². The fraction of sp³-hybridized carbons (Fsp3) is 0.500. The van der Waals surface area contributed by atoms with Crippen molar-refractivity contribution in [3.05, 3.63) is 28.2 Å². The number of hydrogen-bond donors (Lipinski definition) is 1. The van der Waals surface area contributed by atoms with Crippen molar-refractivity contribution in [1.29, 1.82) is 0 Å². The molecule has 0 amide bonds. The van der Waals surface area contributed by atoms with Crippen LogP contribution in [0, 0.1) is 11.3 Å². The first-order valence-corrected chi connectivity index (χ1v) is 6.80. The van der Waals surface area contributed by atoms with Gasteiger partial charge in [-0.2, -0.15) is 0 Å². The topological polar surface area (TPSA) is 43.1 Å². The third-order valence-electron chi connectivity index (χ3n) is 3.83. The van der Waals surface area contributed by atoms with E-state index in [1.165, 1.54) is 0 Å². The maximum atomic E-state index is 12.5. The lowest BCUT2D eigenvalue weighted by Gasteiger charge is -2.26. The smallest absolute Gasteiger partial charge is 0.167 e. The number of carbonyl (C=O) groups excluding carboxylic acids is 1. The third-order valence-corrected chi connectivity index (χ3v) is 4.49. The Kier molecular flexibility index (Phi) is 3.30. The van der Waals surface area contributed by atoms with E-state index in [-0.39, 0.29) is 17.1 Å². The van der Waals surface area contributed by atoms with Gasteiger partial charge in [-0.05, 0) is 52.4 Å². The van der Waals surface area contributed by atoms with E-state index in [0.29, 0.717) is 5.69 Å². The van der Waals surface area contributed by atoms with Gasteiger partial charge in [0.15, 0.2) is 5.78 Å². The maximum Gasteiger partial charge on any atom is 0.167 e. The largest absolute Gasteiger partial charge is 0.399 e. The zero-order chi connectivity index (χ0) is 12.6. The number of carbonyl (C=O) groups is 1. The first-order valence-electron chi connectivity index (χ1n) is 6.01. The zero-order valence-corrected chi connectivity index (χ0v) is 11.9. The average Bonchev–Trinajstić information content (AvgIpc) is 2.57. The molecule has 1 atom stereocenters. The first kappa shape index (κ1) is 12.6. The number of nitrogens with two attached hydrogens (primary N) is 1. The highest BCUT2D eigenvalue weighted by atomic mass is 79.9. The summed E-state index contributed by atoms with van der Waals surface area (Å²) in [5.74, 6) is 0.391. The van der Waals surface area contributed by atoms with E-state index in [1.807, 2.05) is 6.07 Å². The highest BCUT2D eigenvalue weighted by Crippen LogP contribution is 2.44. The quantitative estimate of drug-likeness (QED) is 0.661. The molecule has 0 bridgehead atoms. The predicted octanol–water partition coefficient (Wildman–Crippen LogP) is 4.04. The Morgan fingerprint density at radius 1 is 1.47 bits per heavy atom. The minimum atomic E-state index is 0.123. The van der Waals surface area contributed by atoms with Crippen molar-refractivity contribution in [1.82, 2.24) is 0 Å². The fourth-order valence-corrected chi connectivity index (χ4v) is 3.32. The van der Waals surface area contributed by atoms with Crippen molar-refractivity contribution in [2.24, 2.45) is 11.3 Å². The highest BCUT2D eigenvalue weighted by molar-refractivity contribution is 9.10. The number of ketones is 1. The molecular weight excluding hydrogens is 278 g/mol. The van der Waals surface area contributed by atoms with Crippen LogP contribution in [0.15, 0.2) is 22.7 Å². The molecule has 3 heteroatoms. The molecule has 2 N–H and O–H groups in total. The molecule has 1 aromatic carbocycles. The van der Waals surface area contributed by atoms with Crippen LogP contribution >= 0.6 is 15.9 Å². The number of halogens is 1. The summed E-state index contributed by atoms with van der Waals surface area (Å²) in [5.41, 5.74) is 7.26. The maximum absolute atomic E-state index is 12.5. The van der Waals surface area contributed by atoms with E-state index in [4.69, 9.17) is 5.73 Å². The number of hydrogen-bond acceptors (Lipinski definition) is 2. The van der Waals surface area contributed by atoms with E-state index >= 15 is 0 Å². The molecule has 0 saturated heterocycles. The van der Waals surface area contributed by atoms with Crippen LogP contribution in [-0.2, 0) is 0 Å². The van der Waals surface area contributed by atoms with E-state index in [1.54, 1.807) is 12.1 Å². The van der Waals surface area contributed by atoms with Gasteiger partial charge in [0.05, 0.1) is 0 Å². The molecule has 1 unspecified atom stereocenters. The van der Waals surface area contributed by atoms with Crippen molar-refractivity contribution < 1.29 is 4.79 Å². The number of anilines is 1. The van der Waals surface area contributed by atoms with Gasteiger partial charge in [-0.25, -0.2) is 0 Å². The van der Waals surface area contributed by atoms with Crippen molar-refractivity contribution in [3.8, 4) is 0 Å². The molecule has 0 aromatic heterocycles. The van der Waals surface area contributed by atoms with Gasteiger partial charge in [-0.3, -0.25) is 4.79 Å². The molecule has 1 fully saturated rings. The lowest BCUT2D eigenvalue weighted by Crippen LogP contribution is -2.26. The Morgan fingerprint density at radius 2 is 2.18 bits per heavy atom. The van der Waals surface area contributed by atoms with Crippen LogP contribution < -0.4 is 5.73 Å². The normalized spacial score (nSPS) is 22.6. The molecule has 2 rings (SSSR count). The van der Waals surface area contributed by atoms with Gasteiger partial charge in [0.1, 0.15) is 0 Å². The first-order chi connectivity index (χ1) is 7.92. The summed E-state index contributed by atoms with van der Waals surface area (Å²) in [5, 5.41) is 0. The van der Waals surface area contributed by atoms with Crippen LogP contribution in [0.2, 0.25) is 0 Å². The molecule has 1 saturated carbocycles. The lowest BCUT2D eigenvalue weighted by molar-refractivity contribution is 0.0838. The van der Waals surface area contributed by atoms with E-state index in [0.717, 1.165) is 29.3 Å². The average molecular weight is 296 g/mol. The summed E-state index contributed by atoms with van der Waals surface area (Å²) in [6, 6.07) is 5.42. The van der Waals surface area contributed by atoms with Crippen LogP contribution in [0.4, 0.5) is 5.69 Å². The Balaban J connectivity index is 2.31. The number of rotatable bonds is 2. The Morgan fingerprint density at radius 3 is 2.71 bits per heavy atom. The van der Waals surface area contributed by atoms with Crippen LogP contribution in [0.5, 0.6) is 0 Å². The molecule has 0 aliphatic heterocycles. The SMILES string of the molecule is CC1(C)CCCC1C(=O)c1ccc(N)cc1Br. The molecule has 0 radical (unpaired) electrons. The molecule has 2 nitrogen and oxygen atoms in total. The summed E-state index contributed by atoms with van der Waals surface area (Å²) >= 11 is 3.43. The van der Waals surface area contributed by atoms with Gasteiger partial charge in [-0.1, -0.05) is 20.3 Å². The minimum Gasteiger partial charge on any atom is -0.399 e. The molecule has 92 valence electrons.